The number of esters is 2. The Balaban J connectivity index is 0.000000266. The highest BCUT2D eigenvalue weighted by molar-refractivity contribution is 6.07. The van der Waals surface area contributed by atoms with Crippen molar-refractivity contribution in [1.29, 1.82) is 0 Å². The molecule has 0 amide bonds. The Morgan fingerprint density at radius 1 is 0.674 bits per heavy atom. The van der Waals surface area contributed by atoms with E-state index in [1.165, 1.54) is 19.3 Å². The van der Waals surface area contributed by atoms with Crippen LogP contribution in [0.5, 0.6) is 23.0 Å². The average molecular weight is 613 g/mol. The second kappa shape index (κ2) is 16.6. The number of phenols is 1. The van der Waals surface area contributed by atoms with Gasteiger partial charge >= 0.3 is 11.9 Å². The number of rotatable bonds is 10. The van der Waals surface area contributed by atoms with E-state index in [0.29, 0.717) is 51.5 Å². The van der Waals surface area contributed by atoms with E-state index >= 15 is 0 Å². The third-order valence-electron chi connectivity index (χ3n) is 6.53. The molecular weight excluding hydrogens is 580 g/mol. The van der Waals surface area contributed by atoms with Crippen LogP contribution in [-0.2, 0) is 6.42 Å². The Morgan fingerprint density at radius 2 is 1.15 bits per heavy atom. The van der Waals surface area contributed by atoms with Crippen molar-refractivity contribution in [2.24, 2.45) is 0 Å². The lowest BCUT2D eigenvalue weighted by molar-refractivity contribution is 0.0725. The number of phenolic OH excluding ortho intramolecular Hbond substituents is 1. The average Bonchev–Trinajstić information content (AvgIpc) is 3.10. The van der Waals surface area contributed by atoms with E-state index in [1.54, 1.807) is 91.0 Å². The minimum atomic E-state index is -0.496. The zero-order valence-corrected chi connectivity index (χ0v) is 25.2. The molecule has 0 heterocycles. The maximum atomic E-state index is 12.6. The minimum Gasteiger partial charge on any atom is -0.508 e. The normalized spacial score (nSPS) is 10.3. The number of ketones is 1. The van der Waals surface area contributed by atoms with Crippen molar-refractivity contribution < 1.29 is 33.7 Å². The fourth-order valence-electron chi connectivity index (χ4n) is 4.17. The summed E-state index contributed by atoms with van der Waals surface area (Å²) in [7, 11) is 1.49. The van der Waals surface area contributed by atoms with Gasteiger partial charge in [-0.1, -0.05) is 72.8 Å². The molecule has 0 unspecified atom stereocenters. The van der Waals surface area contributed by atoms with Crippen LogP contribution in [0.3, 0.4) is 0 Å². The molecule has 0 aliphatic heterocycles. The largest absolute Gasteiger partial charge is 0.508 e. The predicted molar refractivity (Wildman–Crippen MR) is 178 cm³/mol. The van der Waals surface area contributed by atoms with Crippen LogP contribution < -0.4 is 14.2 Å². The lowest BCUT2D eigenvalue weighted by Crippen LogP contribution is -2.08. The zero-order valence-electron chi connectivity index (χ0n) is 25.2. The van der Waals surface area contributed by atoms with Crippen LogP contribution in [0.15, 0.2) is 146 Å². The molecule has 5 aromatic carbocycles. The van der Waals surface area contributed by atoms with Crippen LogP contribution >= 0.6 is 0 Å². The van der Waals surface area contributed by atoms with Crippen LogP contribution in [-0.4, -0.2) is 29.9 Å². The molecule has 0 atom stereocenters. The summed E-state index contributed by atoms with van der Waals surface area (Å²) < 4.78 is 15.7. The molecule has 5 rings (SSSR count). The van der Waals surface area contributed by atoms with Crippen LogP contribution in [0.2, 0.25) is 0 Å². The fraction of sp³-hybridized carbons (Fsp3) is 0.0513. The number of allylic oxidation sites excluding steroid dienone is 2. The van der Waals surface area contributed by atoms with Gasteiger partial charge in [0, 0.05) is 17.2 Å². The number of benzene rings is 5. The van der Waals surface area contributed by atoms with Gasteiger partial charge in [-0.05, 0) is 78.7 Å². The highest BCUT2D eigenvalue weighted by atomic mass is 16.5. The fourth-order valence-corrected chi connectivity index (χ4v) is 4.17. The van der Waals surface area contributed by atoms with Crippen LogP contribution in [0.1, 0.15) is 42.2 Å². The standard InChI is InChI=1S/C26H22O5.C13H10O2/c1-3-7-20-16-21(25(30-2)17-24(20)28)14-15-23(27)18-10-12-19(13-11-18)26(29)31-22-8-5-4-6-9-22;14-13(11-7-3-1-4-8-11)15-12-9-5-2-6-10-12/h3-6,8-17,28H,1,7H2,2H3;1-10H/b15-14+;. The first-order valence-corrected chi connectivity index (χ1v) is 14.3. The van der Waals surface area contributed by atoms with Crippen molar-refractivity contribution >= 4 is 23.8 Å². The van der Waals surface area contributed by atoms with Gasteiger partial charge in [-0.15, -0.1) is 6.58 Å². The highest BCUT2D eigenvalue weighted by Gasteiger charge is 2.11. The summed E-state index contributed by atoms with van der Waals surface area (Å²) in [6, 6.07) is 36.2. The second-order valence-electron chi connectivity index (χ2n) is 9.76. The Hall–Kier alpha value is -6.21. The lowest BCUT2D eigenvalue weighted by Gasteiger charge is -2.09. The molecule has 46 heavy (non-hydrogen) atoms. The molecule has 1 N–H and O–H groups in total. The van der Waals surface area contributed by atoms with Gasteiger partial charge in [-0.2, -0.15) is 0 Å². The van der Waals surface area contributed by atoms with Crippen LogP contribution in [0.4, 0.5) is 0 Å². The van der Waals surface area contributed by atoms with Crippen LogP contribution in [0, 0.1) is 0 Å². The molecule has 0 saturated heterocycles. The van der Waals surface area contributed by atoms with Crippen molar-refractivity contribution in [1.82, 2.24) is 0 Å². The molecule has 0 aromatic heterocycles. The third kappa shape index (κ3) is 9.39. The summed E-state index contributed by atoms with van der Waals surface area (Å²) in [5, 5.41) is 10.0. The maximum absolute atomic E-state index is 12.6. The Kier molecular flexibility index (Phi) is 11.8. The number of para-hydroxylation sites is 2. The molecule has 7 nitrogen and oxygen atoms in total. The lowest BCUT2D eigenvalue weighted by atomic mass is 10.0. The van der Waals surface area contributed by atoms with E-state index in [0.717, 1.165) is 0 Å². The first-order chi connectivity index (χ1) is 22.4. The number of ether oxygens (including phenoxy) is 3. The molecule has 0 bridgehead atoms. The summed E-state index contributed by atoms with van der Waals surface area (Å²) in [6.45, 7) is 3.68. The number of hydrogen-bond donors (Lipinski definition) is 1. The number of carbonyl (C=O) groups excluding carboxylic acids is 3. The van der Waals surface area contributed by atoms with Gasteiger partial charge in [0.15, 0.2) is 5.78 Å². The van der Waals surface area contributed by atoms with Gasteiger partial charge in [0.2, 0.25) is 0 Å². The predicted octanol–water partition coefficient (Wildman–Crippen LogP) is 8.15. The monoisotopic (exact) mass is 612 g/mol. The SMILES string of the molecule is C=CCc1cc(/C=C/C(=O)c2ccc(C(=O)Oc3ccccc3)cc2)c(OC)cc1O.O=C(Oc1ccccc1)c1ccccc1. The highest BCUT2D eigenvalue weighted by Crippen LogP contribution is 2.30. The summed E-state index contributed by atoms with van der Waals surface area (Å²) in [4.78, 5) is 36.4. The molecule has 230 valence electrons. The molecular formula is C39H32O7. The Bertz CT molecular complexity index is 1790. The van der Waals surface area contributed by atoms with Gasteiger partial charge in [0.1, 0.15) is 23.0 Å². The Labute approximate surface area is 267 Å². The molecule has 0 aliphatic rings. The van der Waals surface area contributed by atoms with Crippen molar-refractivity contribution in [2.45, 2.75) is 6.42 Å². The summed E-state index contributed by atoms with van der Waals surface area (Å²) >= 11 is 0. The van der Waals surface area contributed by atoms with Crippen molar-refractivity contribution in [3.05, 3.63) is 174 Å². The number of aromatic hydroxyl groups is 1. The maximum Gasteiger partial charge on any atom is 0.343 e. The molecule has 0 fully saturated rings. The molecule has 5 aromatic rings. The van der Waals surface area contributed by atoms with E-state index in [9.17, 15) is 19.5 Å². The van der Waals surface area contributed by atoms with Crippen molar-refractivity contribution in [3.63, 3.8) is 0 Å². The van der Waals surface area contributed by atoms with Gasteiger partial charge in [-0.25, -0.2) is 9.59 Å². The number of hydrogen-bond acceptors (Lipinski definition) is 7. The number of carbonyl (C=O) groups is 3. The molecule has 0 aliphatic carbocycles. The van der Waals surface area contributed by atoms with E-state index in [4.69, 9.17) is 14.2 Å². The summed E-state index contributed by atoms with van der Waals surface area (Å²) in [5.41, 5.74) is 2.68. The van der Waals surface area contributed by atoms with Gasteiger partial charge in [-0.3, -0.25) is 4.79 Å². The van der Waals surface area contributed by atoms with Crippen molar-refractivity contribution in [3.8, 4) is 23.0 Å². The van der Waals surface area contributed by atoms with E-state index in [1.807, 2.05) is 42.5 Å². The van der Waals surface area contributed by atoms with Gasteiger partial charge in [0.05, 0.1) is 18.2 Å². The van der Waals surface area contributed by atoms with Gasteiger partial charge < -0.3 is 19.3 Å². The molecule has 0 spiro atoms. The number of methoxy groups -OCH3 is 1. The van der Waals surface area contributed by atoms with Gasteiger partial charge in [0.25, 0.3) is 0 Å². The minimum absolute atomic E-state index is 0.109. The zero-order chi connectivity index (χ0) is 32.7. The summed E-state index contributed by atoms with van der Waals surface area (Å²) in [5.74, 6) is 0.515. The molecule has 7 heteroatoms. The quantitative estimate of drug-likeness (QED) is 0.0559. The first kappa shape index (κ1) is 32.7. The molecule has 0 saturated carbocycles. The van der Waals surface area contributed by atoms with Crippen molar-refractivity contribution in [2.75, 3.05) is 7.11 Å². The summed E-state index contributed by atoms with van der Waals surface area (Å²) in [6.07, 6.45) is 5.23. The van der Waals surface area contributed by atoms with E-state index in [2.05, 4.69) is 6.58 Å². The topological polar surface area (TPSA) is 99.1 Å². The second-order valence-corrected chi connectivity index (χ2v) is 9.76. The first-order valence-electron chi connectivity index (χ1n) is 14.3. The smallest absolute Gasteiger partial charge is 0.343 e. The van der Waals surface area contributed by atoms with E-state index in [-0.39, 0.29) is 17.5 Å². The van der Waals surface area contributed by atoms with Crippen LogP contribution in [0.25, 0.3) is 6.08 Å². The Morgan fingerprint density at radius 3 is 1.65 bits per heavy atom. The molecule has 0 radical (unpaired) electrons. The van der Waals surface area contributed by atoms with E-state index < -0.39 is 5.97 Å². The third-order valence-corrected chi connectivity index (χ3v) is 6.53.